The number of carbonyl (C=O) groups excluding carboxylic acids is 1. The summed E-state index contributed by atoms with van der Waals surface area (Å²) in [5, 5.41) is 6.74. The van der Waals surface area contributed by atoms with Gasteiger partial charge in [0.1, 0.15) is 11.3 Å². The molecule has 0 aliphatic heterocycles. The monoisotopic (exact) mass is 445 g/mol. The fourth-order valence-corrected chi connectivity index (χ4v) is 3.00. The van der Waals surface area contributed by atoms with Crippen molar-refractivity contribution in [3.8, 4) is 11.4 Å². The van der Waals surface area contributed by atoms with E-state index in [9.17, 15) is 18.4 Å². The minimum Gasteiger partial charge on any atom is -0.420 e. The number of halogens is 3. The zero-order valence-corrected chi connectivity index (χ0v) is 16.7. The zero-order valence-electron chi connectivity index (χ0n) is 15.9. The van der Waals surface area contributed by atoms with Gasteiger partial charge in [-0.2, -0.15) is 5.10 Å². The molecular formula is C20H14ClF2N5O3. The summed E-state index contributed by atoms with van der Waals surface area (Å²) in [5.74, 6) is -0.663. The summed E-state index contributed by atoms with van der Waals surface area (Å²) in [6, 6.07) is 9.63. The van der Waals surface area contributed by atoms with Crippen LogP contribution >= 0.6 is 11.6 Å². The maximum absolute atomic E-state index is 12.7. The molecule has 1 amide bonds. The number of amides is 1. The average molecular weight is 446 g/mol. The van der Waals surface area contributed by atoms with Crippen molar-refractivity contribution in [2.45, 2.75) is 5.57 Å². The summed E-state index contributed by atoms with van der Waals surface area (Å²) in [5.41, 5.74) is -1.76. The van der Waals surface area contributed by atoms with Gasteiger partial charge >= 0.3 is 5.57 Å². The van der Waals surface area contributed by atoms with Crippen molar-refractivity contribution in [1.29, 1.82) is 0 Å². The van der Waals surface area contributed by atoms with Crippen molar-refractivity contribution in [1.82, 2.24) is 19.3 Å². The van der Waals surface area contributed by atoms with Crippen LogP contribution in [0, 0.1) is 0 Å². The molecule has 4 rings (SSSR count). The lowest BCUT2D eigenvalue weighted by molar-refractivity contribution is -0.0964. The van der Waals surface area contributed by atoms with Crippen LogP contribution < -0.4 is 15.6 Å². The van der Waals surface area contributed by atoms with Gasteiger partial charge in [-0.3, -0.25) is 23.8 Å². The molecule has 31 heavy (non-hydrogen) atoms. The Hall–Kier alpha value is -3.79. The summed E-state index contributed by atoms with van der Waals surface area (Å²) in [6.45, 7) is 0. The van der Waals surface area contributed by atoms with Crippen molar-refractivity contribution in [3.63, 3.8) is 0 Å². The smallest absolute Gasteiger partial charge is 0.420 e. The first-order valence-electron chi connectivity index (χ1n) is 8.88. The fourth-order valence-electron chi connectivity index (χ4n) is 2.91. The Morgan fingerprint density at radius 3 is 2.61 bits per heavy atom. The molecule has 0 fully saturated rings. The molecule has 158 valence electrons. The molecule has 0 unspecified atom stereocenters. The molecule has 4 aromatic rings. The number of benzene rings is 1. The number of carbonyl (C=O) groups is 1. The van der Waals surface area contributed by atoms with E-state index >= 15 is 0 Å². The summed E-state index contributed by atoms with van der Waals surface area (Å²) < 4.78 is 32.5. The number of pyridine rings is 2. The molecule has 0 atom stereocenters. The minimum absolute atomic E-state index is 0.162. The number of hydrogen-bond donors (Lipinski definition) is 1. The second kappa shape index (κ2) is 7.80. The number of nitrogens with zero attached hydrogens (tertiary/aromatic N) is 4. The number of anilines is 1. The Morgan fingerprint density at radius 2 is 1.90 bits per heavy atom. The Labute approximate surface area is 178 Å². The molecule has 0 saturated carbocycles. The second-order valence-corrected chi connectivity index (χ2v) is 6.96. The molecule has 11 heteroatoms. The predicted molar refractivity (Wildman–Crippen MR) is 110 cm³/mol. The lowest BCUT2D eigenvalue weighted by atomic mass is 10.2. The number of aryl methyl sites for hydroxylation is 1. The highest BCUT2D eigenvalue weighted by Crippen LogP contribution is 2.26. The summed E-state index contributed by atoms with van der Waals surface area (Å²) in [6.07, 6.45) is 4.51. The summed E-state index contributed by atoms with van der Waals surface area (Å²) in [7, 11) is 1.75. The lowest BCUT2D eigenvalue weighted by Gasteiger charge is -2.12. The van der Waals surface area contributed by atoms with Crippen molar-refractivity contribution in [3.05, 3.63) is 77.0 Å². The number of rotatable bonds is 5. The highest BCUT2D eigenvalue weighted by molar-refractivity contribution is 6.20. The number of ether oxygens (including phenoxy) is 1. The molecule has 1 N–H and O–H groups in total. The minimum atomic E-state index is -3.83. The van der Waals surface area contributed by atoms with Gasteiger partial charge in [-0.1, -0.05) is 0 Å². The fraction of sp³-hybridized carbons (Fsp3) is 0.100. The van der Waals surface area contributed by atoms with Crippen LogP contribution in [0.1, 0.15) is 10.4 Å². The van der Waals surface area contributed by atoms with Gasteiger partial charge in [-0.15, -0.1) is 8.78 Å². The molecule has 8 nitrogen and oxygen atoms in total. The van der Waals surface area contributed by atoms with Crippen molar-refractivity contribution >= 4 is 34.2 Å². The molecule has 3 heterocycles. The van der Waals surface area contributed by atoms with Crippen molar-refractivity contribution in [2.24, 2.45) is 7.05 Å². The highest BCUT2D eigenvalue weighted by atomic mass is 35.5. The maximum atomic E-state index is 12.7. The number of nitrogens with one attached hydrogen (secondary N) is 1. The van der Waals surface area contributed by atoms with E-state index in [1.165, 1.54) is 53.4 Å². The van der Waals surface area contributed by atoms with Crippen molar-refractivity contribution in [2.75, 3.05) is 5.32 Å². The van der Waals surface area contributed by atoms with Crippen LogP contribution in [0.15, 0.2) is 65.8 Å². The van der Waals surface area contributed by atoms with E-state index in [4.69, 9.17) is 11.6 Å². The third-order valence-corrected chi connectivity index (χ3v) is 4.46. The first-order valence-corrected chi connectivity index (χ1v) is 9.25. The quantitative estimate of drug-likeness (QED) is 0.474. The third-order valence-electron chi connectivity index (χ3n) is 4.38. The molecule has 3 aromatic heterocycles. The van der Waals surface area contributed by atoms with Crippen LogP contribution in [0.5, 0.6) is 5.75 Å². The molecule has 0 saturated heterocycles. The molecule has 0 aliphatic carbocycles. The van der Waals surface area contributed by atoms with Gasteiger partial charge in [0.2, 0.25) is 0 Å². The van der Waals surface area contributed by atoms with Gasteiger partial charge in [0.05, 0.1) is 29.2 Å². The lowest BCUT2D eigenvalue weighted by Crippen LogP contribution is -2.21. The first-order chi connectivity index (χ1) is 14.7. The van der Waals surface area contributed by atoms with Crippen molar-refractivity contribution < 1.29 is 18.3 Å². The SMILES string of the molecule is Cn1ncc2ncc(-n3cc(C(=O)Nc4ccc(OC(F)(F)Cl)cc4)ccc3=O)cc21. The Bertz CT molecular complexity index is 1330. The normalized spacial score (nSPS) is 11.5. The second-order valence-electron chi connectivity index (χ2n) is 6.52. The Morgan fingerprint density at radius 1 is 1.16 bits per heavy atom. The van der Waals surface area contributed by atoms with Crippen LogP contribution in [-0.4, -0.2) is 30.8 Å². The van der Waals surface area contributed by atoms with Gasteiger partial charge in [-0.05, 0) is 36.4 Å². The van der Waals surface area contributed by atoms with E-state index < -0.39 is 11.5 Å². The maximum Gasteiger partial charge on any atom is 0.487 e. The number of hydrogen-bond acceptors (Lipinski definition) is 5. The zero-order chi connectivity index (χ0) is 22.2. The largest absolute Gasteiger partial charge is 0.487 e. The van der Waals surface area contributed by atoms with E-state index in [-0.39, 0.29) is 16.9 Å². The van der Waals surface area contributed by atoms with E-state index in [2.05, 4.69) is 20.1 Å². The third kappa shape index (κ3) is 4.53. The standard InChI is InChI=1S/C20H14ClF2N5O3/c1-27-17-8-14(9-24-16(17)10-25-27)28-11-12(2-7-18(28)29)19(30)26-13-3-5-15(6-4-13)31-20(21,22)23/h2-11H,1H3,(H,26,30). The molecule has 0 radical (unpaired) electrons. The van der Waals surface area contributed by atoms with Crippen LogP contribution in [-0.2, 0) is 7.05 Å². The van der Waals surface area contributed by atoms with Gasteiger partial charge in [0.15, 0.2) is 0 Å². The topological polar surface area (TPSA) is 91.0 Å². The predicted octanol–water partition coefficient (Wildman–Crippen LogP) is 3.54. The first kappa shape index (κ1) is 20.5. The van der Waals surface area contributed by atoms with Gasteiger partial charge in [0.25, 0.3) is 11.5 Å². The van der Waals surface area contributed by atoms with E-state index in [1.54, 1.807) is 24.0 Å². The van der Waals surface area contributed by atoms with Crippen LogP contribution in [0.25, 0.3) is 16.7 Å². The molecule has 0 aliphatic rings. The number of aromatic nitrogens is 4. The number of fused-ring (bicyclic) bond motifs is 1. The van der Waals surface area contributed by atoms with Gasteiger partial charge < -0.3 is 10.1 Å². The Balaban J connectivity index is 1.58. The van der Waals surface area contributed by atoms with E-state index in [0.717, 1.165) is 5.52 Å². The van der Waals surface area contributed by atoms with Gasteiger partial charge in [0, 0.05) is 36.6 Å². The van der Waals surface area contributed by atoms with Crippen LogP contribution in [0.4, 0.5) is 14.5 Å². The van der Waals surface area contributed by atoms with E-state index in [0.29, 0.717) is 16.9 Å². The molecule has 0 spiro atoms. The Kier molecular flexibility index (Phi) is 5.15. The van der Waals surface area contributed by atoms with Gasteiger partial charge in [-0.25, -0.2) is 0 Å². The molecule has 1 aromatic carbocycles. The van der Waals surface area contributed by atoms with Crippen LogP contribution in [0.2, 0.25) is 0 Å². The molecule has 0 bridgehead atoms. The molecular weight excluding hydrogens is 432 g/mol. The number of alkyl halides is 3. The van der Waals surface area contributed by atoms with E-state index in [1.807, 2.05) is 0 Å². The summed E-state index contributed by atoms with van der Waals surface area (Å²) >= 11 is 4.72. The van der Waals surface area contributed by atoms with Crippen LogP contribution in [0.3, 0.4) is 0 Å². The summed E-state index contributed by atoms with van der Waals surface area (Å²) in [4.78, 5) is 29.3. The average Bonchev–Trinajstić information content (AvgIpc) is 3.09. The highest BCUT2D eigenvalue weighted by Gasteiger charge is 2.27.